The number of hydrogen-bond acceptors (Lipinski definition) is 4. The number of rotatable bonds is 4. The lowest BCUT2D eigenvalue weighted by atomic mass is 9.39. The Bertz CT molecular complexity index is 692. The number of nitrogens with two attached hydrogens (primary N) is 1. The van der Waals surface area contributed by atoms with Crippen LogP contribution >= 0.6 is 0 Å². The third-order valence-electron chi connectivity index (χ3n) is 8.77. The molecule has 0 unspecified atom stereocenters. The number of fused-ring (bicyclic) bond motifs is 3. The Kier molecular flexibility index (Phi) is 5.08. The number of carboxylic acids is 1. The molecule has 3 aliphatic rings. The maximum atomic E-state index is 12.9. The van der Waals surface area contributed by atoms with Crippen molar-refractivity contribution in [2.24, 2.45) is 39.2 Å². The van der Waals surface area contributed by atoms with Crippen molar-refractivity contribution in [1.29, 1.82) is 0 Å². The largest absolute Gasteiger partial charge is 0.481 e. The second-order valence-electron chi connectivity index (χ2n) is 10.2. The monoisotopic (exact) mass is 393 g/mol. The molecule has 3 fully saturated rings. The maximum absolute atomic E-state index is 12.9. The molecule has 6 heteroatoms. The highest BCUT2D eigenvalue weighted by molar-refractivity contribution is 5.83. The van der Waals surface area contributed by atoms with Gasteiger partial charge < -0.3 is 15.6 Å². The van der Waals surface area contributed by atoms with Crippen LogP contribution in [0.1, 0.15) is 79.1 Å². The van der Waals surface area contributed by atoms with Crippen molar-refractivity contribution in [2.75, 3.05) is 6.61 Å². The zero-order valence-corrected chi connectivity index (χ0v) is 17.7. The molecule has 0 aromatic rings. The van der Waals surface area contributed by atoms with Crippen molar-refractivity contribution in [3.63, 3.8) is 0 Å². The summed E-state index contributed by atoms with van der Waals surface area (Å²) in [6.07, 6.45) is 5.33. The van der Waals surface area contributed by atoms with Gasteiger partial charge in [0.25, 0.3) is 0 Å². The van der Waals surface area contributed by atoms with E-state index in [1.54, 1.807) is 0 Å². The molecule has 3 rings (SSSR count). The van der Waals surface area contributed by atoms with Gasteiger partial charge in [0.15, 0.2) is 0 Å². The van der Waals surface area contributed by atoms with Gasteiger partial charge in [-0.3, -0.25) is 14.4 Å². The van der Waals surface area contributed by atoms with Gasteiger partial charge in [-0.25, -0.2) is 0 Å². The lowest BCUT2D eigenvalue weighted by Crippen LogP contribution is -2.63. The van der Waals surface area contributed by atoms with Crippen LogP contribution in [0.3, 0.4) is 0 Å². The second kappa shape index (κ2) is 6.74. The maximum Gasteiger partial charge on any atom is 0.312 e. The van der Waals surface area contributed by atoms with Crippen molar-refractivity contribution in [1.82, 2.24) is 0 Å². The molecule has 1 amide bonds. The van der Waals surface area contributed by atoms with Gasteiger partial charge in [0.05, 0.1) is 17.4 Å². The molecule has 158 valence electrons. The second-order valence-corrected chi connectivity index (χ2v) is 10.2. The fraction of sp³-hybridized carbons (Fsp3) is 0.864. The Morgan fingerprint density at radius 3 is 2.25 bits per heavy atom. The van der Waals surface area contributed by atoms with E-state index in [-0.39, 0.29) is 23.2 Å². The molecule has 0 aliphatic heterocycles. The highest BCUT2D eigenvalue weighted by Crippen LogP contribution is 2.69. The minimum atomic E-state index is -0.944. The van der Waals surface area contributed by atoms with Crippen LogP contribution in [0.25, 0.3) is 0 Å². The van der Waals surface area contributed by atoms with E-state index in [0.717, 1.165) is 19.3 Å². The Hall–Kier alpha value is -1.59. The Morgan fingerprint density at radius 2 is 1.68 bits per heavy atom. The van der Waals surface area contributed by atoms with Gasteiger partial charge in [-0.15, -0.1) is 0 Å². The number of hydrogen-bond donors (Lipinski definition) is 2. The smallest absolute Gasteiger partial charge is 0.312 e. The standard InChI is InChI=1S/C22H35NO5/c1-5-28-18(27)21(4)10-6-9-20(3)14(21)8-12-22(17(25)26)13-19(2,16(23)24)11-7-15(20)22/h14-15H,5-13H2,1-4H3,(H2,23,24)(H,25,26)/t14-,15-,19-,20+,21+,22-/m0/s1. The summed E-state index contributed by atoms with van der Waals surface area (Å²) in [7, 11) is 0. The molecular formula is C22H35NO5. The van der Waals surface area contributed by atoms with Crippen molar-refractivity contribution in [2.45, 2.75) is 79.1 Å². The van der Waals surface area contributed by atoms with Gasteiger partial charge in [-0.2, -0.15) is 0 Å². The quantitative estimate of drug-likeness (QED) is 0.711. The van der Waals surface area contributed by atoms with Gasteiger partial charge in [-0.05, 0) is 76.0 Å². The number of aliphatic carboxylic acids is 1. The zero-order chi connectivity index (χ0) is 21.0. The molecule has 3 aliphatic carbocycles. The molecule has 6 nitrogen and oxygen atoms in total. The number of carbonyl (C=O) groups is 3. The van der Waals surface area contributed by atoms with Gasteiger partial charge in [0.1, 0.15) is 0 Å². The van der Waals surface area contributed by atoms with E-state index in [0.29, 0.717) is 38.7 Å². The molecule has 3 saturated carbocycles. The number of esters is 1. The molecule has 3 N–H and O–H groups in total. The third kappa shape index (κ3) is 2.78. The molecule has 0 radical (unpaired) electrons. The highest BCUT2D eigenvalue weighted by Gasteiger charge is 2.67. The van der Waals surface area contributed by atoms with E-state index >= 15 is 0 Å². The fourth-order valence-corrected chi connectivity index (χ4v) is 7.33. The fourth-order valence-electron chi connectivity index (χ4n) is 7.33. The van der Waals surface area contributed by atoms with Crippen LogP contribution < -0.4 is 5.73 Å². The minimum Gasteiger partial charge on any atom is -0.481 e. The lowest BCUT2D eigenvalue weighted by Gasteiger charge is -2.64. The van der Waals surface area contributed by atoms with Crippen molar-refractivity contribution in [3.8, 4) is 0 Å². The molecule has 0 aromatic heterocycles. The number of primary amides is 1. The summed E-state index contributed by atoms with van der Waals surface area (Å²) in [6.45, 7) is 8.19. The molecule has 0 saturated heterocycles. The average Bonchev–Trinajstić information content (AvgIpc) is 2.61. The van der Waals surface area contributed by atoms with Crippen LogP contribution in [0.2, 0.25) is 0 Å². The van der Waals surface area contributed by atoms with E-state index < -0.39 is 28.1 Å². The molecule has 0 bridgehead atoms. The van der Waals surface area contributed by atoms with Crippen LogP contribution in [0, 0.1) is 33.5 Å². The van der Waals surface area contributed by atoms with E-state index in [1.165, 1.54) is 0 Å². The van der Waals surface area contributed by atoms with Crippen molar-refractivity contribution in [3.05, 3.63) is 0 Å². The SMILES string of the molecule is CCOC(=O)[C@]1(C)CCC[C@@]2(C)[C@@H]3CC[C@](C)(C(N)=O)C[C@@]3(C(=O)O)CC[C@@H]21. The summed E-state index contributed by atoms with van der Waals surface area (Å²) in [6, 6.07) is 0. The first kappa shape index (κ1) is 21.1. The van der Waals surface area contributed by atoms with Gasteiger partial charge >= 0.3 is 11.9 Å². The first-order chi connectivity index (χ1) is 13.0. The number of ether oxygens (including phenoxy) is 1. The summed E-state index contributed by atoms with van der Waals surface area (Å²) in [5.74, 6) is -1.32. The van der Waals surface area contributed by atoms with Crippen molar-refractivity contribution < 1.29 is 24.2 Å². The Balaban J connectivity index is 2.03. The van der Waals surface area contributed by atoms with Crippen LogP contribution in [-0.2, 0) is 19.1 Å². The van der Waals surface area contributed by atoms with Crippen LogP contribution in [0.4, 0.5) is 0 Å². The molecule has 6 atom stereocenters. The predicted molar refractivity (Wildman–Crippen MR) is 104 cm³/mol. The molecule has 28 heavy (non-hydrogen) atoms. The zero-order valence-electron chi connectivity index (χ0n) is 17.7. The third-order valence-corrected chi connectivity index (χ3v) is 8.77. The van der Waals surface area contributed by atoms with Gasteiger partial charge in [-0.1, -0.05) is 20.3 Å². The van der Waals surface area contributed by atoms with Gasteiger partial charge in [0, 0.05) is 5.41 Å². The minimum absolute atomic E-state index is 0.0577. The number of carbonyl (C=O) groups excluding carboxylic acids is 2. The summed E-state index contributed by atoms with van der Waals surface area (Å²) >= 11 is 0. The summed E-state index contributed by atoms with van der Waals surface area (Å²) < 4.78 is 5.44. The van der Waals surface area contributed by atoms with E-state index in [1.807, 2.05) is 20.8 Å². The van der Waals surface area contributed by atoms with Gasteiger partial charge in [0.2, 0.25) is 5.91 Å². The molecular weight excluding hydrogens is 358 g/mol. The van der Waals surface area contributed by atoms with Crippen LogP contribution in [0.5, 0.6) is 0 Å². The molecule has 0 heterocycles. The van der Waals surface area contributed by atoms with E-state index in [4.69, 9.17) is 10.5 Å². The summed E-state index contributed by atoms with van der Waals surface area (Å²) in [5.41, 5.74) is 3.12. The Morgan fingerprint density at radius 1 is 1.04 bits per heavy atom. The average molecular weight is 394 g/mol. The summed E-state index contributed by atoms with van der Waals surface area (Å²) in [5, 5.41) is 10.3. The van der Waals surface area contributed by atoms with Crippen LogP contribution in [0.15, 0.2) is 0 Å². The predicted octanol–water partition coefficient (Wildman–Crippen LogP) is 3.52. The topological polar surface area (TPSA) is 107 Å². The molecule has 0 aromatic carbocycles. The normalized spacial score (nSPS) is 45.4. The molecule has 0 spiro atoms. The highest BCUT2D eigenvalue weighted by atomic mass is 16.5. The lowest BCUT2D eigenvalue weighted by molar-refractivity contribution is -0.204. The number of carboxylic acid groups (broad SMARTS) is 1. The summed E-state index contributed by atoms with van der Waals surface area (Å²) in [4.78, 5) is 37.6. The van der Waals surface area contributed by atoms with Crippen LogP contribution in [-0.4, -0.2) is 29.6 Å². The Labute approximate surface area is 167 Å². The van der Waals surface area contributed by atoms with E-state index in [9.17, 15) is 19.5 Å². The first-order valence-corrected chi connectivity index (χ1v) is 10.7. The van der Waals surface area contributed by atoms with E-state index in [2.05, 4.69) is 6.92 Å². The van der Waals surface area contributed by atoms with Crippen molar-refractivity contribution >= 4 is 17.8 Å². The number of amides is 1. The first-order valence-electron chi connectivity index (χ1n) is 10.7.